The number of β-amino-alcohol motifs (C(OH)–C–C–N with tert-alkyl or cyclic N) is 1. The van der Waals surface area contributed by atoms with Crippen LogP contribution in [0.25, 0.3) is 0 Å². The molecule has 0 saturated carbocycles. The Kier molecular flexibility index (Phi) is 8.01. The van der Waals surface area contributed by atoms with Crippen LogP contribution in [-0.4, -0.2) is 140 Å². The van der Waals surface area contributed by atoms with E-state index in [2.05, 4.69) is 5.32 Å². The Bertz CT molecular complexity index is 555. The number of aliphatic hydroxyl groups is 8. The van der Waals surface area contributed by atoms with E-state index in [0.29, 0.717) is 0 Å². The van der Waals surface area contributed by atoms with Crippen molar-refractivity contribution in [1.29, 1.82) is 0 Å². The SMILES string of the molecule is C[C@H]1O[C@H](OC2[C@@H](CO)O[C@H](OC3C(O)CNC3CO)[C@H](O)[C@H]2O)[C@H](O)[C@@H](O)[C@@H]1O. The Morgan fingerprint density at radius 3 is 2.00 bits per heavy atom. The third-order valence-electron chi connectivity index (χ3n) is 5.77. The fourth-order valence-electron chi connectivity index (χ4n) is 3.90. The molecule has 0 radical (unpaired) electrons. The Morgan fingerprint density at radius 1 is 0.767 bits per heavy atom. The third kappa shape index (κ3) is 4.63. The molecule has 0 spiro atoms. The summed E-state index contributed by atoms with van der Waals surface area (Å²) in [5.74, 6) is 0. The highest BCUT2D eigenvalue weighted by atomic mass is 16.7. The first-order valence-corrected chi connectivity index (χ1v) is 9.84. The van der Waals surface area contributed by atoms with Crippen molar-refractivity contribution in [2.75, 3.05) is 19.8 Å². The van der Waals surface area contributed by atoms with Crippen LogP contribution in [0.5, 0.6) is 0 Å². The third-order valence-corrected chi connectivity index (χ3v) is 5.77. The van der Waals surface area contributed by atoms with Gasteiger partial charge in [0, 0.05) is 6.54 Å². The summed E-state index contributed by atoms with van der Waals surface area (Å²) in [7, 11) is 0. The van der Waals surface area contributed by atoms with Gasteiger partial charge in [-0.1, -0.05) is 0 Å². The number of nitrogens with one attached hydrogen (secondary N) is 1. The Balaban J connectivity index is 1.68. The van der Waals surface area contributed by atoms with Gasteiger partial charge in [0.15, 0.2) is 12.6 Å². The fourth-order valence-corrected chi connectivity index (χ4v) is 3.90. The lowest BCUT2D eigenvalue weighted by molar-refractivity contribution is -0.361. The smallest absolute Gasteiger partial charge is 0.187 e. The van der Waals surface area contributed by atoms with E-state index >= 15 is 0 Å². The topological polar surface area (TPSA) is 211 Å². The molecule has 3 saturated heterocycles. The first kappa shape index (κ1) is 24.1. The Hall–Kier alpha value is -0.520. The second-order valence-electron chi connectivity index (χ2n) is 7.85. The van der Waals surface area contributed by atoms with E-state index in [1.165, 1.54) is 6.92 Å². The molecule has 3 rings (SSSR count). The van der Waals surface area contributed by atoms with Crippen molar-refractivity contribution in [1.82, 2.24) is 5.32 Å². The predicted octanol–water partition coefficient (Wildman–Crippen LogP) is -5.65. The maximum atomic E-state index is 10.6. The summed E-state index contributed by atoms with van der Waals surface area (Å²) in [6, 6.07) is -0.616. The highest BCUT2D eigenvalue weighted by Crippen LogP contribution is 2.30. The minimum atomic E-state index is -1.67. The van der Waals surface area contributed by atoms with Crippen LogP contribution in [-0.2, 0) is 18.9 Å². The zero-order valence-corrected chi connectivity index (χ0v) is 16.3. The summed E-state index contributed by atoms with van der Waals surface area (Å²) in [5, 5.41) is 82.7. The van der Waals surface area contributed by atoms with Crippen molar-refractivity contribution < 1.29 is 59.8 Å². The molecule has 3 heterocycles. The van der Waals surface area contributed by atoms with Gasteiger partial charge in [-0.05, 0) is 6.92 Å². The van der Waals surface area contributed by atoms with Crippen molar-refractivity contribution in [3.05, 3.63) is 0 Å². The van der Waals surface area contributed by atoms with Crippen LogP contribution in [0.4, 0.5) is 0 Å². The number of hydrogen-bond donors (Lipinski definition) is 9. The number of hydrogen-bond acceptors (Lipinski definition) is 13. The van der Waals surface area contributed by atoms with Gasteiger partial charge in [0.25, 0.3) is 0 Å². The monoisotopic (exact) mass is 441 g/mol. The molecule has 0 aromatic rings. The Labute approximate surface area is 172 Å². The molecule has 4 unspecified atom stereocenters. The minimum absolute atomic E-state index is 0.152. The molecule has 3 aliphatic heterocycles. The zero-order valence-electron chi connectivity index (χ0n) is 16.3. The molecule has 0 aromatic heterocycles. The molecule has 176 valence electrons. The van der Waals surface area contributed by atoms with Gasteiger partial charge in [0.2, 0.25) is 0 Å². The van der Waals surface area contributed by atoms with E-state index in [9.17, 15) is 40.9 Å². The van der Waals surface area contributed by atoms with Gasteiger partial charge in [-0.2, -0.15) is 0 Å². The van der Waals surface area contributed by atoms with Gasteiger partial charge in [-0.3, -0.25) is 0 Å². The van der Waals surface area contributed by atoms with Gasteiger partial charge in [-0.25, -0.2) is 0 Å². The van der Waals surface area contributed by atoms with Crippen LogP contribution in [0.3, 0.4) is 0 Å². The van der Waals surface area contributed by atoms with Crippen LogP contribution in [0.1, 0.15) is 6.92 Å². The summed E-state index contributed by atoms with van der Waals surface area (Å²) >= 11 is 0. The summed E-state index contributed by atoms with van der Waals surface area (Å²) in [6.07, 6.45) is -16.2. The van der Waals surface area contributed by atoms with E-state index < -0.39 is 86.3 Å². The first-order chi connectivity index (χ1) is 14.2. The number of rotatable bonds is 6. The van der Waals surface area contributed by atoms with E-state index in [1.54, 1.807) is 0 Å². The maximum absolute atomic E-state index is 10.6. The lowest BCUT2D eigenvalue weighted by Gasteiger charge is -2.46. The molecular weight excluding hydrogens is 410 g/mol. The van der Waals surface area contributed by atoms with E-state index in [4.69, 9.17) is 18.9 Å². The summed E-state index contributed by atoms with van der Waals surface area (Å²) in [6.45, 7) is 0.600. The lowest BCUT2D eigenvalue weighted by atomic mass is 9.97. The van der Waals surface area contributed by atoms with Gasteiger partial charge < -0.3 is 65.1 Å². The summed E-state index contributed by atoms with van der Waals surface area (Å²) in [5.41, 5.74) is 0. The molecule has 0 aliphatic carbocycles. The molecule has 0 amide bonds. The van der Waals surface area contributed by atoms with Crippen molar-refractivity contribution in [3.8, 4) is 0 Å². The minimum Gasteiger partial charge on any atom is -0.395 e. The maximum Gasteiger partial charge on any atom is 0.187 e. The molecule has 3 fully saturated rings. The van der Waals surface area contributed by atoms with Gasteiger partial charge >= 0.3 is 0 Å². The highest BCUT2D eigenvalue weighted by molar-refractivity contribution is 4.96. The standard InChI is InChI=1S/C17H31NO12/c1-5-9(22)10(23)12(25)16(27-5)30-15-8(4-20)28-17(13(26)11(15)24)29-14-6(3-19)18-2-7(14)21/h5-26H,2-4H2,1H3/t5-,6?,7?,8-,9-,10+,11-,12-,13-,14?,15?,16-,17-/m1/s1. The summed E-state index contributed by atoms with van der Waals surface area (Å²) in [4.78, 5) is 0. The fraction of sp³-hybridized carbons (Fsp3) is 1.00. The van der Waals surface area contributed by atoms with Crippen molar-refractivity contribution in [2.45, 2.75) is 86.6 Å². The van der Waals surface area contributed by atoms with Gasteiger partial charge in [0.1, 0.15) is 48.8 Å². The van der Waals surface area contributed by atoms with Crippen molar-refractivity contribution in [2.24, 2.45) is 0 Å². The van der Waals surface area contributed by atoms with E-state index in [1.807, 2.05) is 0 Å². The molecule has 9 N–H and O–H groups in total. The molecule has 0 aromatic carbocycles. The lowest BCUT2D eigenvalue weighted by Crippen LogP contribution is -2.64. The first-order valence-electron chi connectivity index (χ1n) is 9.84. The van der Waals surface area contributed by atoms with Crippen LogP contribution in [0.15, 0.2) is 0 Å². The average molecular weight is 441 g/mol. The van der Waals surface area contributed by atoms with Gasteiger partial charge in [-0.15, -0.1) is 0 Å². The highest BCUT2D eigenvalue weighted by Gasteiger charge is 2.51. The predicted molar refractivity (Wildman–Crippen MR) is 94.7 cm³/mol. The van der Waals surface area contributed by atoms with Crippen LogP contribution in [0, 0.1) is 0 Å². The number of aliphatic hydroxyl groups excluding tert-OH is 8. The van der Waals surface area contributed by atoms with Crippen LogP contribution in [0.2, 0.25) is 0 Å². The zero-order chi connectivity index (χ0) is 22.2. The quantitative estimate of drug-likeness (QED) is 0.188. The van der Waals surface area contributed by atoms with E-state index in [0.717, 1.165) is 0 Å². The van der Waals surface area contributed by atoms with Crippen LogP contribution < -0.4 is 5.32 Å². The van der Waals surface area contributed by atoms with Gasteiger partial charge in [0.05, 0.1) is 31.5 Å². The average Bonchev–Trinajstić information content (AvgIpc) is 3.09. The second-order valence-corrected chi connectivity index (χ2v) is 7.85. The molecule has 0 bridgehead atoms. The molecule has 3 aliphatic rings. The molecule has 13 atom stereocenters. The Morgan fingerprint density at radius 2 is 1.37 bits per heavy atom. The number of ether oxygens (including phenoxy) is 4. The molecule has 30 heavy (non-hydrogen) atoms. The van der Waals surface area contributed by atoms with Crippen molar-refractivity contribution >= 4 is 0 Å². The molecule has 13 nitrogen and oxygen atoms in total. The van der Waals surface area contributed by atoms with E-state index in [-0.39, 0.29) is 13.2 Å². The van der Waals surface area contributed by atoms with Crippen molar-refractivity contribution in [3.63, 3.8) is 0 Å². The second kappa shape index (κ2) is 9.95. The molecule has 13 heteroatoms. The largest absolute Gasteiger partial charge is 0.395 e. The molecular formula is C17H31NO12. The van der Waals surface area contributed by atoms with Crippen LogP contribution >= 0.6 is 0 Å². The summed E-state index contributed by atoms with van der Waals surface area (Å²) < 4.78 is 21.9. The normalized spacial score (nSPS) is 52.5.